The lowest BCUT2D eigenvalue weighted by molar-refractivity contribution is 0.0737. The summed E-state index contributed by atoms with van der Waals surface area (Å²) in [4.78, 5) is 12.9. The van der Waals surface area contributed by atoms with Gasteiger partial charge in [0.2, 0.25) is 0 Å². The molecule has 196 valence electrons. The highest BCUT2D eigenvalue weighted by Crippen LogP contribution is 2.34. The molecule has 0 heterocycles. The number of benzene rings is 4. The number of unbranched alkanes of at least 4 members (excludes halogenated alkanes) is 3. The predicted molar refractivity (Wildman–Crippen MR) is 151 cm³/mol. The van der Waals surface area contributed by atoms with Gasteiger partial charge in [0.05, 0.1) is 30.2 Å². The average molecular weight is 511 g/mol. The van der Waals surface area contributed by atoms with Crippen molar-refractivity contribution < 1.29 is 19.0 Å². The molecule has 4 aromatic carbocycles. The van der Waals surface area contributed by atoms with E-state index >= 15 is 0 Å². The Balaban J connectivity index is 1.44. The van der Waals surface area contributed by atoms with Crippen molar-refractivity contribution in [2.45, 2.75) is 46.0 Å². The number of hydrogen-bond acceptors (Lipinski definition) is 6. The highest BCUT2D eigenvalue weighted by Gasteiger charge is 2.13. The van der Waals surface area contributed by atoms with Crippen LogP contribution in [0.15, 0.2) is 95.2 Å². The van der Waals surface area contributed by atoms with E-state index in [1.807, 2.05) is 54.6 Å². The van der Waals surface area contributed by atoms with Crippen molar-refractivity contribution in [2.24, 2.45) is 10.2 Å². The molecular weight excluding hydrogens is 476 g/mol. The van der Waals surface area contributed by atoms with Crippen molar-refractivity contribution >= 4 is 28.1 Å². The quantitative estimate of drug-likeness (QED) is 0.0778. The number of esters is 1. The molecule has 4 aromatic rings. The first-order chi connectivity index (χ1) is 18.7. The van der Waals surface area contributed by atoms with Gasteiger partial charge in [-0.2, -0.15) is 5.11 Å². The lowest BCUT2D eigenvalue weighted by Crippen LogP contribution is -2.08. The third-order valence-electron chi connectivity index (χ3n) is 6.05. The van der Waals surface area contributed by atoms with Gasteiger partial charge in [-0.15, -0.1) is 5.11 Å². The van der Waals surface area contributed by atoms with Crippen LogP contribution in [0.1, 0.15) is 56.3 Å². The minimum Gasteiger partial charge on any atom is -0.494 e. The molecule has 0 aliphatic rings. The van der Waals surface area contributed by atoms with E-state index in [0.717, 1.165) is 60.1 Å². The molecule has 0 aliphatic carbocycles. The van der Waals surface area contributed by atoms with Crippen molar-refractivity contribution in [3.63, 3.8) is 0 Å². The van der Waals surface area contributed by atoms with Crippen molar-refractivity contribution in [1.29, 1.82) is 0 Å². The van der Waals surface area contributed by atoms with Gasteiger partial charge in [0.25, 0.3) is 0 Å². The zero-order valence-corrected chi connectivity index (χ0v) is 22.1. The van der Waals surface area contributed by atoms with Gasteiger partial charge >= 0.3 is 5.97 Å². The summed E-state index contributed by atoms with van der Waals surface area (Å²) in [5.41, 5.74) is 1.87. The Labute approximate surface area is 224 Å². The van der Waals surface area contributed by atoms with E-state index in [9.17, 15) is 4.79 Å². The molecule has 0 atom stereocenters. The Kier molecular flexibility index (Phi) is 9.85. The Morgan fingerprint density at radius 3 is 1.97 bits per heavy atom. The van der Waals surface area contributed by atoms with Gasteiger partial charge in [-0.05, 0) is 73.5 Å². The molecule has 0 saturated heterocycles. The summed E-state index contributed by atoms with van der Waals surface area (Å²) in [6.07, 6.45) is 5.43. The zero-order chi connectivity index (χ0) is 26.6. The average Bonchev–Trinajstić information content (AvgIpc) is 2.96. The predicted octanol–water partition coefficient (Wildman–Crippen LogP) is 9.22. The van der Waals surface area contributed by atoms with E-state index in [0.29, 0.717) is 30.2 Å². The fourth-order valence-electron chi connectivity index (χ4n) is 3.87. The number of nitrogens with zero attached hydrogens (tertiary/aromatic N) is 2. The maximum absolute atomic E-state index is 12.9. The SMILES string of the molecule is CCCCCOc1ccc(C(=O)Oc2ccc(N=Nc3ccc(OCCCC)cc3)c3ccccc23)cc1. The molecule has 6 nitrogen and oxygen atoms in total. The first-order valence-corrected chi connectivity index (χ1v) is 13.3. The Morgan fingerprint density at radius 2 is 1.29 bits per heavy atom. The van der Waals surface area contributed by atoms with Crippen LogP contribution in [-0.4, -0.2) is 19.2 Å². The fraction of sp³-hybridized carbons (Fsp3) is 0.281. The maximum atomic E-state index is 12.9. The molecule has 0 N–H and O–H groups in total. The van der Waals surface area contributed by atoms with Crippen molar-refractivity contribution in [3.8, 4) is 17.2 Å². The molecule has 0 fully saturated rings. The highest BCUT2D eigenvalue weighted by atomic mass is 16.5. The van der Waals surface area contributed by atoms with Gasteiger partial charge in [-0.1, -0.05) is 57.4 Å². The molecule has 0 aliphatic heterocycles. The van der Waals surface area contributed by atoms with E-state index < -0.39 is 5.97 Å². The third-order valence-corrected chi connectivity index (χ3v) is 6.05. The number of carbonyl (C=O) groups excluding carboxylic acids is 1. The second kappa shape index (κ2) is 13.9. The second-order valence-electron chi connectivity index (χ2n) is 8.99. The smallest absolute Gasteiger partial charge is 0.343 e. The molecule has 0 saturated carbocycles. The number of fused-ring (bicyclic) bond motifs is 1. The van der Waals surface area contributed by atoms with Gasteiger partial charge in [-0.25, -0.2) is 4.79 Å². The largest absolute Gasteiger partial charge is 0.494 e. The van der Waals surface area contributed by atoms with Crippen molar-refractivity contribution in [2.75, 3.05) is 13.2 Å². The Hall–Kier alpha value is -4.19. The van der Waals surface area contributed by atoms with Crippen LogP contribution in [0.5, 0.6) is 17.2 Å². The van der Waals surface area contributed by atoms with Crippen LogP contribution in [-0.2, 0) is 0 Å². The number of azo groups is 1. The summed E-state index contributed by atoms with van der Waals surface area (Å²) >= 11 is 0. The minimum atomic E-state index is -0.427. The normalized spacial score (nSPS) is 11.1. The molecular formula is C32H34N2O4. The molecule has 4 rings (SSSR count). The lowest BCUT2D eigenvalue weighted by atomic mass is 10.1. The van der Waals surface area contributed by atoms with Gasteiger partial charge in [0.15, 0.2) is 0 Å². The van der Waals surface area contributed by atoms with Crippen LogP contribution >= 0.6 is 0 Å². The number of ether oxygens (including phenoxy) is 3. The standard InChI is InChI=1S/C32H34N2O4/c1-3-5-9-23-37-26-16-12-24(13-17-26)32(35)38-31-21-20-30(28-10-7-8-11-29(28)31)34-33-25-14-18-27(19-15-25)36-22-6-4-2/h7-8,10-21H,3-6,9,22-23H2,1-2H3. The number of rotatable bonds is 13. The number of carbonyl (C=O) groups is 1. The fourth-order valence-corrected chi connectivity index (χ4v) is 3.87. The molecule has 0 amide bonds. The molecule has 38 heavy (non-hydrogen) atoms. The van der Waals surface area contributed by atoms with E-state index in [1.54, 1.807) is 30.3 Å². The Bertz CT molecular complexity index is 1350. The van der Waals surface area contributed by atoms with Crippen LogP contribution < -0.4 is 14.2 Å². The first kappa shape index (κ1) is 26.9. The van der Waals surface area contributed by atoms with Crippen molar-refractivity contribution in [1.82, 2.24) is 0 Å². The summed E-state index contributed by atoms with van der Waals surface area (Å²) in [6.45, 7) is 5.68. The van der Waals surface area contributed by atoms with Crippen LogP contribution in [0.25, 0.3) is 10.8 Å². The summed E-state index contributed by atoms with van der Waals surface area (Å²) < 4.78 is 17.2. The number of hydrogen-bond donors (Lipinski definition) is 0. The summed E-state index contributed by atoms with van der Waals surface area (Å²) in [5.74, 6) is 1.61. The van der Waals surface area contributed by atoms with Gasteiger partial charge < -0.3 is 14.2 Å². The van der Waals surface area contributed by atoms with E-state index in [-0.39, 0.29) is 0 Å². The molecule has 0 unspecified atom stereocenters. The summed E-state index contributed by atoms with van der Waals surface area (Å²) in [7, 11) is 0. The van der Waals surface area contributed by atoms with Gasteiger partial charge in [0.1, 0.15) is 17.2 Å². The molecule has 0 bridgehead atoms. The molecule has 0 spiro atoms. The van der Waals surface area contributed by atoms with Crippen LogP contribution in [0, 0.1) is 0 Å². The monoisotopic (exact) mass is 510 g/mol. The van der Waals surface area contributed by atoms with Gasteiger partial charge in [-0.3, -0.25) is 0 Å². The maximum Gasteiger partial charge on any atom is 0.343 e. The molecule has 0 radical (unpaired) electrons. The van der Waals surface area contributed by atoms with Crippen LogP contribution in [0.3, 0.4) is 0 Å². The summed E-state index contributed by atoms with van der Waals surface area (Å²) in [5, 5.41) is 10.5. The van der Waals surface area contributed by atoms with E-state index in [2.05, 4.69) is 24.1 Å². The van der Waals surface area contributed by atoms with E-state index in [1.165, 1.54) is 0 Å². The zero-order valence-electron chi connectivity index (χ0n) is 22.1. The minimum absolute atomic E-state index is 0.427. The topological polar surface area (TPSA) is 69.5 Å². The van der Waals surface area contributed by atoms with Gasteiger partial charge in [0, 0.05) is 10.8 Å². The summed E-state index contributed by atoms with van der Waals surface area (Å²) in [6, 6.07) is 25.8. The lowest BCUT2D eigenvalue weighted by Gasteiger charge is -2.10. The van der Waals surface area contributed by atoms with Crippen LogP contribution in [0.4, 0.5) is 11.4 Å². The molecule has 6 heteroatoms. The second-order valence-corrected chi connectivity index (χ2v) is 8.99. The first-order valence-electron chi connectivity index (χ1n) is 13.3. The Morgan fingerprint density at radius 1 is 0.658 bits per heavy atom. The highest BCUT2D eigenvalue weighted by molar-refractivity contribution is 5.99. The third kappa shape index (κ3) is 7.42. The molecule has 0 aromatic heterocycles. The van der Waals surface area contributed by atoms with Crippen molar-refractivity contribution in [3.05, 3.63) is 90.5 Å². The van der Waals surface area contributed by atoms with Crippen LogP contribution in [0.2, 0.25) is 0 Å². The van der Waals surface area contributed by atoms with E-state index in [4.69, 9.17) is 14.2 Å².